The zero-order valence-corrected chi connectivity index (χ0v) is 18.4. The van der Waals surface area contributed by atoms with Crippen LogP contribution in [0, 0.1) is 17.2 Å². The fourth-order valence-electron chi connectivity index (χ4n) is 4.13. The number of nitriles is 1. The SMILES string of the molecule is CCCCN(C(=O)c1ccc2c(c1)CC(CC(=O)OCC)CC2)c1ccc(C#N)cc1. The number of anilines is 1. The van der Waals surface area contributed by atoms with Gasteiger partial charge in [0.1, 0.15) is 0 Å². The summed E-state index contributed by atoms with van der Waals surface area (Å²) in [5.74, 6) is 0.0786. The Labute approximate surface area is 184 Å². The van der Waals surface area contributed by atoms with E-state index in [-0.39, 0.29) is 17.8 Å². The lowest BCUT2D eigenvalue weighted by atomic mass is 9.81. The van der Waals surface area contributed by atoms with E-state index in [0.29, 0.717) is 30.7 Å². The van der Waals surface area contributed by atoms with Crippen LogP contribution in [-0.2, 0) is 22.4 Å². The van der Waals surface area contributed by atoms with Gasteiger partial charge in [-0.25, -0.2) is 0 Å². The summed E-state index contributed by atoms with van der Waals surface area (Å²) in [4.78, 5) is 27.1. The lowest BCUT2D eigenvalue weighted by molar-refractivity contribution is -0.144. The molecule has 1 aliphatic rings. The summed E-state index contributed by atoms with van der Waals surface area (Å²) in [5.41, 5.74) is 4.45. The minimum atomic E-state index is -0.144. The molecule has 1 aliphatic carbocycles. The first-order valence-electron chi connectivity index (χ1n) is 11.1. The summed E-state index contributed by atoms with van der Waals surface area (Å²) in [6.45, 7) is 4.96. The lowest BCUT2D eigenvalue weighted by Gasteiger charge is -2.26. The number of carbonyl (C=O) groups excluding carboxylic acids is 2. The van der Waals surface area contributed by atoms with Crippen LogP contribution in [0.15, 0.2) is 42.5 Å². The van der Waals surface area contributed by atoms with Gasteiger partial charge in [-0.05, 0) is 86.1 Å². The van der Waals surface area contributed by atoms with Gasteiger partial charge in [0.15, 0.2) is 0 Å². The molecule has 0 radical (unpaired) electrons. The van der Waals surface area contributed by atoms with Crippen molar-refractivity contribution in [3.63, 3.8) is 0 Å². The molecule has 0 saturated carbocycles. The second kappa shape index (κ2) is 10.8. The van der Waals surface area contributed by atoms with Gasteiger partial charge in [0.2, 0.25) is 0 Å². The predicted octanol–water partition coefficient (Wildman–Crippen LogP) is 5.06. The van der Waals surface area contributed by atoms with E-state index < -0.39 is 0 Å². The maximum absolute atomic E-state index is 13.4. The van der Waals surface area contributed by atoms with Crippen LogP contribution in [0.5, 0.6) is 0 Å². The molecule has 162 valence electrons. The molecular weight excluding hydrogens is 388 g/mol. The van der Waals surface area contributed by atoms with Gasteiger partial charge in [0, 0.05) is 24.2 Å². The summed E-state index contributed by atoms with van der Waals surface area (Å²) < 4.78 is 5.11. The van der Waals surface area contributed by atoms with E-state index in [1.54, 1.807) is 17.0 Å². The number of nitrogens with zero attached hydrogens (tertiary/aromatic N) is 2. The number of benzene rings is 2. The third kappa shape index (κ3) is 5.73. The highest BCUT2D eigenvalue weighted by Gasteiger charge is 2.24. The Morgan fingerprint density at radius 1 is 1.13 bits per heavy atom. The highest BCUT2D eigenvalue weighted by Crippen LogP contribution is 2.29. The van der Waals surface area contributed by atoms with Gasteiger partial charge < -0.3 is 9.64 Å². The smallest absolute Gasteiger partial charge is 0.306 e. The molecule has 0 spiro atoms. The third-order valence-electron chi connectivity index (χ3n) is 5.83. The van der Waals surface area contributed by atoms with Crippen LogP contribution in [0.1, 0.15) is 66.6 Å². The Hall–Kier alpha value is -3.13. The Morgan fingerprint density at radius 3 is 2.58 bits per heavy atom. The number of hydrogen-bond acceptors (Lipinski definition) is 4. The van der Waals surface area contributed by atoms with Crippen LogP contribution in [0.2, 0.25) is 0 Å². The Kier molecular flexibility index (Phi) is 7.83. The first-order chi connectivity index (χ1) is 15.0. The third-order valence-corrected chi connectivity index (χ3v) is 5.83. The molecule has 2 aromatic rings. The predicted molar refractivity (Wildman–Crippen MR) is 121 cm³/mol. The zero-order chi connectivity index (χ0) is 22.2. The molecule has 5 heteroatoms. The van der Waals surface area contributed by atoms with Gasteiger partial charge in [-0.1, -0.05) is 19.4 Å². The molecular formula is C26H30N2O3. The Morgan fingerprint density at radius 2 is 1.90 bits per heavy atom. The topological polar surface area (TPSA) is 70.4 Å². The summed E-state index contributed by atoms with van der Waals surface area (Å²) >= 11 is 0. The highest BCUT2D eigenvalue weighted by molar-refractivity contribution is 6.06. The highest BCUT2D eigenvalue weighted by atomic mass is 16.5. The fourth-order valence-corrected chi connectivity index (χ4v) is 4.13. The van der Waals surface area contributed by atoms with Crippen molar-refractivity contribution < 1.29 is 14.3 Å². The maximum atomic E-state index is 13.4. The van der Waals surface area contributed by atoms with E-state index in [4.69, 9.17) is 10.00 Å². The average Bonchev–Trinajstić information content (AvgIpc) is 2.79. The monoisotopic (exact) mass is 418 g/mol. The van der Waals surface area contributed by atoms with Crippen LogP contribution in [0.3, 0.4) is 0 Å². The van der Waals surface area contributed by atoms with E-state index in [1.807, 2.05) is 31.2 Å². The van der Waals surface area contributed by atoms with E-state index in [2.05, 4.69) is 19.1 Å². The number of fused-ring (bicyclic) bond motifs is 1. The summed E-state index contributed by atoms with van der Waals surface area (Å²) in [6.07, 6.45) is 4.99. The van der Waals surface area contributed by atoms with Gasteiger partial charge in [0.05, 0.1) is 18.2 Å². The molecule has 1 amide bonds. The molecule has 3 rings (SSSR count). The molecule has 31 heavy (non-hydrogen) atoms. The van der Waals surface area contributed by atoms with Gasteiger partial charge in [-0.2, -0.15) is 5.26 Å². The normalized spacial score (nSPS) is 14.9. The minimum absolute atomic E-state index is 0.0338. The van der Waals surface area contributed by atoms with Gasteiger partial charge in [-0.3, -0.25) is 9.59 Å². The number of ether oxygens (including phenoxy) is 1. The first-order valence-corrected chi connectivity index (χ1v) is 11.1. The van der Waals surface area contributed by atoms with E-state index in [1.165, 1.54) is 5.56 Å². The molecule has 0 saturated heterocycles. The number of unbranched alkanes of at least 4 members (excludes halogenated alkanes) is 1. The summed E-state index contributed by atoms with van der Waals surface area (Å²) in [5, 5.41) is 9.05. The van der Waals surface area contributed by atoms with Crippen molar-refractivity contribution in [1.29, 1.82) is 5.26 Å². The van der Waals surface area contributed by atoms with Crippen molar-refractivity contribution in [3.05, 3.63) is 64.7 Å². The average molecular weight is 419 g/mol. The molecule has 1 unspecified atom stereocenters. The largest absolute Gasteiger partial charge is 0.466 e. The molecule has 0 heterocycles. The van der Waals surface area contributed by atoms with Gasteiger partial charge >= 0.3 is 5.97 Å². The quantitative estimate of drug-likeness (QED) is 0.562. The van der Waals surface area contributed by atoms with Gasteiger partial charge in [-0.15, -0.1) is 0 Å². The minimum Gasteiger partial charge on any atom is -0.466 e. The van der Waals surface area contributed by atoms with Crippen LogP contribution < -0.4 is 4.90 Å². The van der Waals surface area contributed by atoms with E-state index in [9.17, 15) is 9.59 Å². The molecule has 0 aromatic heterocycles. The van der Waals surface area contributed by atoms with Crippen molar-refractivity contribution in [2.75, 3.05) is 18.1 Å². The molecule has 1 atom stereocenters. The molecule has 0 aliphatic heterocycles. The number of amides is 1. The molecule has 0 fully saturated rings. The molecule has 0 N–H and O–H groups in total. The van der Waals surface area contributed by atoms with Crippen molar-refractivity contribution in [3.8, 4) is 6.07 Å². The second-order valence-electron chi connectivity index (χ2n) is 8.07. The number of hydrogen-bond donors (Lipinski definition) is 0. The first kappa shape index (κ1) is 22.6. The summed E-state index contributed by atoms with van der Waals surface area (Å²) in [7, 11) is 0. The molecule has 2 aromatic carbocycles. The Bertz CT molecular complexity index is 960. The second-order valence-corrected chi connectivity index (χ2v) is 8.07. The maximum Gasteiger partial charge on any atom is 0.306 e. The van der Waals surface area contributed by atoms with Crippen LogP contribution in [0.25, 0.3) is 0 Å². The number of aryl methyl sites for hydroxylation is 1. The molecule has 0 bridgehead atoms. The number of esters is 1. The summed E-state index contributed by atoms with van der Waals surface area (Å²) in [6, 6.07) is 15.2. The van der Waals surface area contributed by atoms with Crippen LogP contribution in [0.4, 0.5) is 5.69 Å². The fraction of sp³-hybridized carbons (Fsp3) is 0.423. The van der Waals surface area contributed by atoms with Crippen molar-refractivity contribution in [1.82, 2.24) is 0 Å². The van der Waals surface area contributed by atoms with E-state index >= 15 is 0 Å². The number of rotatable bonds is 8. The van der Waals surface area contributed by atoms with Crippen molar-refractivity contribution in [2.45, 2.75) is 52.4 Å². The van der Waals surface area contributed by atoms with Gasteiger partial charge in [0.25, 0.3) is 5.91 Å². The number of carbonyl (C=O) groups is 2. The standard InChI is InChI=1S/C26H30N2O3/c1-3-5-14-28(24-12-7-19(18-27)8-13-24)26(30)22-11-10-21-9-6-20(15-23(21)17-22)16-25(29)31-4-2/h7-8,10-13,17,20H,3-6,9,14-16H2,1-2H3. The Balaban J connectivity index is 1.80. The van der Waals surface area contributed by atoms with Crippen molar-refractivity contribution in [2.24, 2.45) is 5.92 Å². The van der Waals surface area contributed by atoms with E-state index in [0.717, 1.165) is 43.4 Å². The molecule has 5 nitrogen and oxygen atoms in total. The van der Waals surface area contributed by atoms with Crippen molar-refractivity contribution >= 4 is 17.6 Å². The lowest BCUT2D eigenvalue weighted by Crippen LogP contribution is -2.32. The van der Waals surface area contributed by atoms with Crippen LogP contribution >= 0.6 is 0 Å². The van der Waals surface area contributed by atoms with Crippen LogP contribution in [-0.4, -0.2) is 25.0 Å². The zero-order valence-electron chi connectivity index (χ0n) is 18.4.